The van der Waals surface area contributed by atoms with Crippen molar-refractivity contribution >= 4 is 0 Å². The molecule has 0 spiro atoms. The summed E-state index contributed by atoms with van der Waals surface area (Å²) in [5.74, 6) is 0. The maximum absolute atomic E-state index is 5.37. The molecule has 2 heteroatoms. The molecule has 0 saturated carbocycles. The summed E-state index contributed by atoms with van der Waals surface area (Å²) < 4.78 is 0. The first-order valence-electron chi connectivity index (χ1n) is 2.67. The number of hydrogen-bond donors (Lipinski definition) is 2. The second kappa shape index (κ2) is 2.11. The fourth-order valence-electron chi connectivity index (χ4n) is 0.711. The van der Waals surface area contributed by atoms with Crippen molar-refractivity contribution in [3.63, 3.8) is 0 Å². The maximum atomic E-state index is 5.37. The van der Waals surface area contributed by atoms with Gasteiger partial charge in [-0.05, 0) is 12.0 Å². The van der Waals surface area contributed by atoms with Crippen molar-refractivity contribution in [3.8, 4) is 0 Å². The van der Waals surface area contributed by atoms with E-state index in [1.807, 2.05) is 18.2 Å². The molecule has 0 amide bonds. The molecule has 0 aromatic heterocycles. The van der Waals surface area contributed by atoms with Gasteiger partial charge in [0.05, 0.1) is 6.17 Å². The van der Waals surface area contributed by atoms with Crippen LogP contribution in [0.25, 0.3) is 0 Å². The van der Waals surface area contributed by atoms with E-state index in [1.54, 1.807) is 0 Å². The third kappa shape index (κ3) is 0.967. The Bertz CT molecular complexity index is 133. The van der Waals surface area contributed by atoms with Crippen LogP contribution in [-0.4, -0.2) is 6.17 Å². The highest BCUT2D eigenvalue weighted by Crippen LogP contribution is 2.09. The molecule has 44 valence electrons. The van der Waals surface area contributed by atoms with Crippen LogP contribution in [0.4, 0.5) is 0 Å². The third-order valence-electron chi connectivity index (χ3n) is 1.23. The predicted molar refractivity (Wildman–Crippen MR) is 34.0 cm³/mol. The fraction of sp³-hybridized carbons (Fsp3) is 0.333. The molecule has 1 aliphatic carbocycles. The van der Waals surface area contributed by atoms with Crippen molar-refractivity contribution in [2.24, 2.45) is 11.5 Å². The van der Waals surface area contributed by atoms with Crippen LogP contribution in [0, 0.1) is 0 Å². The van der Waals surface area contributed by atoms with Gasteiger partial charge in [0.2, 0.25) is 0 Å². The molecule has 0 unspecified atom stereocenters. The Balaban J connectivity index is 2.51. The molecule has 0 saturated heterocycles. The lowest BCUT2D eigenvalue weighted by Gasteiger charge is -2.03. The molecule has 1 rings (SSSR count). The van der Waals surface area contributed by atoms with Gasteiger partial charge in [-0.3, -0.25) is 0 Å². The average Bonchev–Trinajstić information content (AvgIpc) is 2.12. The van der Waals surface area contributed by atoms with Crippen molar-refractivity contribution in [2.45, 2.75) is 12.6 Å². The van der Waals surface area contributed by atoms with Crippen molar-refractivity contribution in [3.05, 3.63) is 23.8 Å². The Hall–Kier alpha value is -0.600. The summed E-state index contributed by atoms with van der Waals surface area (Å²) in [6, 6.07) is 0. The van der Waals surface area contributed by atoms with Gasteiger partial charge in [0.15, 0.2) is 0 Å². The van der Waals surface area contributed by atoms with Gasteiger partial charge in [0, 0.05) is 0 Å². The van der Waals surface area contributed by atoms with E-state index in [-0.39, 0.29) is 6.17 Å². The molecule has 2 nitrogen and oxygen atoms in total. The standard InChI is InChI=1S/C6H10N2/c7-6(8)5-3-1-2-4-5/h1-3,6H,4,7-8H2. The molecular formula is C6H10N2. The quantitative estimate of drug-likeness (QED) is 0.471. The summed E-state index contributed by atoms with van der Waals surface area (Å²) in [6.45, 7) is 0. The first kappa shape index (κ1) is 5.54. The molecule has 8 heavy (non-hydrogen) atoms. The topological polar surface area (TPSA) is 52.0 Å². The van der Waals surface area contributed by atoms with E-state index < -0.39 is 0 Å². The SMILES string of the molecule is NC(N)C1=CC=CC1. The zero-order valence-corrected chi connectivity index (χ0v) is 4.67. The maximum Gasteiger partial charge on any atom is 0.0749 e. The van der Waals surface area contributed by atoms with Crippen LogP contribution >= 0.6 is 0 Å². The molecule has 0 fully saturated rings. The van der Waals surface area contributed by atoms with Crippen molar-refractivity contribution < 1.29 is 0 Å². The highest BCUT2D eigenvalue weighted by molar-refractivity contribution is 5.25. The number of nitrogens with two attached hydrogens (primary N) is 2. The van der Waals surface area contributed by atoms with Gasteiger partial charge < -0.3 is 11.5 Å². The summed E-state index contributed by atoms with van der Waals surface area (Å²) in [5, 5.41) is 0. The smallest absolute Gasteiger partial charge is 0.0749 e. The molecule has 0 radical (unpaired) electrons. The molecular weight excluding hydrogens is 100 g/mol. The van der Waals surface area contributed by atoms with Crippen molar-refractivity contribution in [1.82, 2.24) is 0 Å². The van der Waals surface area contributed by atoms with Crippen LogP contribution < -0.4 is 11.5 Å². The van der Waals surface area contributed by atoms with Crippen LogP contribution in [-0.2, 0) is 0 Å². The molecule has 1 aliphatic rings. The Morgan fingerprint density at radius 3 is 2.50 bits per heavy atom. The molecule has 0 bridgehead atoms. The second-order valence-electron chi connectivity index (χ2n) is 1.90. The summed E-state index contributed by atoms with van der Waals surface area (Å²) in [7, 11) is 0. The van der Waals surface area contributed by atoms with Crippen molar-refractivity contribution in [2.75, 3.05) is 0 Å². The van der Waals surface area contributed by atoms with Gasteiger partial charge in [-0.15, -0.1) is 0 Å². The van der Waals surface area contributed by atoms with E-state index in [1.165, 1.54) is 0 Å². The monoisotopic (exact) mass is 110 g/mol. The van der Waals surface area contributed by atoms with Crippen LogP contribution in [0.1, 0.15) is 6.42 Å². The van der Waals surface area contributed by atoms with E-state index in [2.05, 4.69) is 0 Å². The minimum Gasteiger partial charge on any atom is -0.313 e. The molecule has 0 aliphatic heterocycles. The van der Waals surface area contributed by atoms with Gasteiger partial charge in [-0.2, -0.15) is 0 Å². The first-order chi connectivity index (χ1) is 3.80. The van der Waals surface area contributed by atoms with E-state index >= 15 is 0 Å². The van der Waals surface area contributed by atoms with Crippen LogP contribution in [0.2, 0.25) is 0 Å². The van der Waals surface area contributed by atoms with E-state index in [0.717, 1.165) is 12.0 Å². The largest absolute Gasteiger partial charge is 0.313 e. The van der Waals surface area contributed by atoms with Gasteiger partial charge in [-0.25, -0.2) is 0 Å². The van der Waals surface area contributed by atoms with E-state index in [4.69, 9.17) is 11.5 Å². The Labute approximate surface area is 48.9 Å². The zero-order valence-electron chi connectivity index (χ0n) is 4.67. The van der Waals surface area contributed by atoms with Crippen LogP contribution in [0.3, 0.4) is 0 Å². The summed E-state index contributed by atoms with van der Waals surface area (Å²) in [6.07, 6.45) is 6.65. The molecule has 4 N–H and O–H groups in total. The lowest BCUT2D eigenvalue weighted by molar-refractivity contribution is 0.801. The Morgan fingerprint density at radius 1 is 1.50 bits per heavy atom. The lowest BCUT2D eigenvalue weighted by Crippen LogP contribution is -2.31. The minimum absolute atomic E-state index is 0.259. The highest BCUT2D eigenvalue weighted by Gasteiger charge is 2.02. The second-order valence-corrected chi connectivity index (χ2v) is 1.90. The Morgan fingerprint density at radius 2 is 2.25 bits per heavy atom. The van der Waals surface area contributed by atoms with E-state index in [0.29, 0.717) is 0 Å². The van der Waals surface area contributed by atoms with Crippen LogP contribution in [0.5, 0.6) is 0 Å². The first-order valence-corrected chi connectivity index (χ1v) is 2.67. The average molecular weight is 110 g/mol. The van der Waals surface area contributed by atoms with Crippen molar-refractivity contribution in [1.29, 1.82) is 0 Å². The molecule has 0 aromatic rings. The zero-order chi connectivity index (χ0) is 5.98. The minimum atomic E-state index is -0.259. The summed E-state index contributed by atoms with van der Waals surface area (Å²) in [5.41, 5.74) is 11.9. The number of allylic oxidation sites excluding steroid dienone is 3. The lowest BCUT2D eigenvalue weighted by atomic mass is 10.2. The fourth-order valence-corrected chi connectivity index (χ4v) is 0.711. The predicted octanol–water partition coefficient (Wildman–Crippen LogP) is 0.116. The highest BCUT2D eigenvalue weighted by atomic mass is 14.8. The summed E-state index contributed by atoms with van der Waals surface area (Å²) in [4.78, 5) is 0. The normalized spacial score (nSPS) is 17.6. The number of rotatable bonds is 1. The van der Waals surface area contributed by atoms with Gasteiger partial charge in [0.25, 0.3) is 0 Å². The van der Waals surface area contributed by atoms with Crippen LogP contribution in [0.15, 0.2) is 23.8 Å². The van der Waals surface area contributed by atoms with Gasteiger partial charge >= 0.3 is 0 Å². The molecule has 0 aromatic carbocycles. The molecule has 0 heterocycles. The molecule has 0 atom stereocenters. The number of hydrogen-bond acceptors (Lipinski definition) is 2. The summed E-state index contributed by atoms with van der Waals surface area (Å²) >= 11 is 0. The third-order valence-corrected chi connectivity index (χ3v) is 1.23. The van der Waals surface area contributed by atoms with Gasteiger partial charge in [0.1, 0.15) is 0 Å². The van der Waals surface area contributed by atoms with E-state index in [9.17, 15) is 0 Å². The van der Waals surface area contributed by atoms with Gasteiger partial charge in [-0.1, -0.05) is 18.2 Å². The Kier molecular flexibility index (Phi) is 1.46.